The van der Waals surface area contributed by atoms with Crippen LogP contribution in [0.3, 0.4) is 0 Å². The van der Waals surface area contributed by atoms with Crippen molar-refractivity contribution in [2.45, 2.75) is 19.2 Å². The molecule has 0 spiro atoms. The lowest BCUT2D eigenvalue weighted by Gasteiger charge is -2.06. The SMILES string of the molecule is CCn1c(CS(C)(=O)=O)cc2c(F)cccc21. The zero-order valence-electron chi connectivity index (χ0n) is 9.77. The third kappa shape index (κ3) is 2.34. The van der Waals surface area contributed by atoms with E-state index in [1.165, 1.54) is 12.3 Å². The number of hydrogen-bond donors (Lipinski definition) is 0. The molecule has 0 amide bonds. The second-order valence-electron chi connectivity index (χ2n) is 4.12. The van der Waals surface area contributed by atoms with Gasteiger partial charge < -0.3 is 4.57 Å². The Morgan fingerprint density at radius 3 is 2.65 bits per heavy atom. The molecule has 1 aromatic carbocycles. The Balaban J connectivity index is 2.68. The highest BCUT2D eigenvalue weighted by atomic mass is 32.2. The van der Waals surface area contributed by atoms with Gasteiger partial charge in [-0.3, -0.25) is 0 Å². The Bertz CT molecular complexity index is 658. The molecule has 0 saturated carbocycles. The van der Waals surface area contributed by atoms with Crippen LogP contribution in [0.15, 0.2) is 24.3 Å². The number of rotatable bonds is 3. The molecule has 0 aliphatic rings. The van der Waals surface area contributed by atoms with E-state index in [1.807, 2.05) is 11.5 Å². The van der Waals surface area contributed by atoms with Crippen LogP contribution in [-0.2, 0) is 22.1 Å². The first-order valence-corrected chi connectivity index (χ1v) is 7.43. The smallest absolute Gasteiger partial charge is 0.153 e. The molecule has 0 N–H and O–H groups in total. The molecule has 5 heteroatoms. The van der Waals surface area contributed by atoms with Crippen molar-refractivity contribution in [2.75, 3.05) is 6.26 Å². The van der Waals surface area contributed by atoms with Crippen LogP contribution in [0.25, 0.3) is 10.9 Å². The third-order valence-corrected chi connectivity index (χ3v) is 3.52. The first-order chi connectivity index (χ1) is 7.92. The minimum absolute atomic E-state index is 0.0606. The number of hydrogen-bond acceptors (Lipinski definition) is 2. The second-order valence-corrected chi connectivity index (χ2v) is 6.26. The van der Waals surface area contributed by atoms with Crippen molar-refractivity contribution in [3.63, 3.8) is 0 Å². The summed E-state index contributed by atoms with van der Waals surface area (Å²) in [6, 6.07) is 6.43. The summed E-state index contributed by atoms with van der Waals surface area (Å²) in [5.41, 5.74) is 1.38. The van der Waals surface area contributed by atoms with E-state index in [0.29, 0.717) is 17.6 Å². The van der Waals surface area contributed by atoms with Gasteiger partial charge >= 0.3 is 0 Å². The molecule has 0 aliphatic carbocycles. The largest absolute Gasteiger partial charge is 0.344 e. The highest BCUT2D eigenvalue weighted by Gasteiger charge is 2.14. The molecule has 0 saturated heterocycles. The van der Waals surface area contributed by atoms with Gasteiger partial charge in [-0.2, -0.15) is 0 Å². The van der Waals surface area contributed by atoms with Crippen molar-refractivity contribution < 1.29 is 12.8 Å². The van der Waals surface area contributed by atoms with Gasteiger partial charge in [0.25, 0.3) is 0 Å². The molecule has 2 rings (SSSR count). The fourth-order valence-corrected chi connectivity index (χ4v) is 2.84. The Morgan fingerprint density at radius 1 is 1.35 bits per heavy atom. The summed E-state index contributed by atoms with van der Waals surface area (Å²) in [5, 5.41) is 0.480. The maximum absolute atomic E-state index is 13.6. The van der Waals surface area contributed by atoms with Crippen molar-refractivity contribution in [1.82, 2.24) is 4.57 Å². The van der Waals surface area contributed by atoms with Gasteiger partial charge in [-0.25, -0.2) is 12.8 Å². The van der Waals surface area contributed by atoms with Crippen molar-refractivity contribution in [1.29, 1.82) is 0 Å². The Labute approximate surface area is 99.8 Å². The Hall–Kier alpha value is -1.36. The second kappa shape index (κ2) is 4.14. The van der Waals surface area contributed by atoms with Crippen LogP contribution in [-0.4, -0.2) is 19.2 Å². The minimum atomic E-state index is -3.11. The number of halogens is 1. The van der Waals surface area contributed by atoms with Gasteiger partial charge in [0.15, 0.2) is 9.84 Å². The predicted molar refractivity (Wildman–Crippen MR) is 66.1 cm³/mol. The maximum Gasteiger partial charge on any atom is 0.153 e. The number of nitrogens with zero attached hydrogens (tertiary/aromatic N) is 1. The lowest BCUT2D eigenvalue weighted by atomic mass is 10.2. The maximum atomic E-state index is 13.6. The van der Waals surface area contributed by atoms with Gasteiger partial charge in [0.05, 0.1) is 11.3 Å². The van der Waals surface area contributed by atoms with Gasteiger partial charge in [-0.1, -0.05) is 6.07 Å². The number of aryl methyl sites for hydroxylation is 1. The zero-order chi connectivity index (χ0) is 12.6. The fourth-order valence-electron chi connectivity index (χ4n) is 2.06. The van der Waals surface area contributed by atoms with Gasteiger partial charge in [0, 0.05) is 23.9 Å². The summed E-state index contributed by atoms with van der Waals surface area (Å²) < 4.78 is 38.1. The molecule has 0 aliphatic heterocycles. The summed E-state index contributed by atoms with van der Waals surface area (Å²) in [6.45, 7) is 2.54. The first kappa shape index (κ1) is 12.1. The number of benzene rings is 1. The highest BCUT2D eigenvalue weighted by molar-refractivity contribution is 7.89. The van der Waals surface area contributed by atoms with E-state index >= 15 is 0 Å². The molecule has 0 radical (unpaired) electrons. The molecule has 0 atom stereocenters. The standard InChI is InChI=1S/C12H14FNO2S/c1-3-14-9(8-17(2,15)16)7-10-11(13)5-4-6-12(10)14/h4-7H,3,8H2,1-2H3. The lowest BCUT2D eigenvalue weighted by molar-refractivity contribution is 0.598. The van der Waals surface area contributed by atoms with E-state index in [0.717, 1.165) is 5.52 Å². The summed E-state index contributed by atoms with van der Waals surface area (Å²) in [7, 11) is -3.11. The van der Waals surface area contributed by atoms with Crippen molar-refractivity contribution in [3.05, 3.63) is 35.8 Å². The molecule has 3 nitrogen and oxygen atoms in total. The van der Waals surface area contributed by atoms with E-state index in [2.05, 4.69) is 0 Å². The summed E-state index contributed by atoms with van der Waals surface area (Å²) in [4.78, 5) is 0. The molecule has 0 fully saturated rings. The van der Waals surface area contributed by atoms with Crippen LogP contribution in [0.4, 0.5) is 4.39 Å². The predicted octanol–water partition coefficient (Wildman–Crippen LogP) is 2.34. The minimum Gasteiger partial charge on any atom is -0.344 e. The summed E-state index contributed by atoms with van der Waals surface area (Å²) in [5.74, 6) is -0.376. The topological polar surface area (TPSA) is 39.1 Å². The zero-order valence-corrected chi connectivity index (χ0v) is 10.6. The molecule has 92 valence electrons. The quantitative estimate of drug-likeness (QED) is 0.844. The summed E-state index contributed by atoms with van der Waals surface area (Å²) >= 11 is 0. The highest BCUT2D eigenvalue weighted by Crippen LogP contribution is 2.23. The van der Waals surface area contributed by atoms with Crippen molar-refractivity contribution in [3.8, 4) is 0 Å². The van der Waals surface area contributed by atoms with E-state index < -0.39 is 9.84 Å². The van der Waals surface area contributed by atoms with Crippen molar-refractivity contribution >= 4 is 20.7 Å². The van der Waals surface area contributed by atoms with Crippen molar-refractivity contribution in [2.24, 2.45) is 0 Å². The van der Waals surface area contributed by atoms with Gasteiger partial charge in [-0.15, -0.1) is 0 Å². The van der Waals surface area contributed by atoms with Crippen LogP contribution >= 0.6 is 0 Å². The van der Waals surface area contributed by atoms with E-state index in [4.69, 9.17) is 0 Å². The lowest BCUT2D eigenvalue weighted by Crippen LogP contribution is -2.07. The number of sulfone groups is 1. The molecular formula is C12H14FNO2S. The normalized spacial score (nSPS) is 12.2. The molecule has 2 aromatic rings. The molecule has 0 bridgehead atoms. The molecule has 0 unspecified atom stereocenters. The van der Waals surface area contributed by atoms with Crippen LogP contribution in [0, 0.1) is 5.82 Å². The monoisotopic (exact) mass is 255 g/mol. The van der Waals surface area contributed by atoms with Crippen LogP contribution in [0.1, 0.15) is 12.6 Å². The van der Waals surface area contributed by atoms with Crippen LogP contribution in [0.5, 0.6) is 0 Å². The number of aromatic nitrogens is 1. The molecule has 1 aromatic heterocycles. The van der Waals surface area contributed by atoms with E-state index in [1.54, 1.807) is 18.2 Å². The Kier molecular flexibility index (Phi) is 2.95. The molecular weight excluding hydrogens is 241 g/mol. The summed E-state index contributed by atoms with van der Waals surface area (Å²) in [6.07, 6.45) is 1.18. The average Bonchev–Trinajstić information content (AvgIpc) is 2.54. The van der Waals surface area contributed by atoms with Gasteiger partial charge in [0.2, 0.25) is 0 Å². The van der Waals surface area contributed by atoms with E-state index in [9.17, 15) is 12.8 Å². The average molecular weight is 255 g/mol. The van der Waals surface area contributed by atoms with Gasteiger partial charge in [-0.05, 0) is 25.1 Å². The molecule has 1 heterocycles. The van der Waals surface area contributed by atoms with E-state index in [-0.39, 0.29) is 11.6 Å². The molecule has 17 heavy (non-hydrogen) atoms. The van der Waals surface area contributed by atoms with Crippen LogP contribution in [0.2, 0.25) is 0 Å². The number of fused-ring (bicyclic) bond motifs is 1. The first-order valence-electron chi connectivity index (χ1n) is 5.36. The third-order valence-electron chi connectivity index (χ3n) is 2.70. The fraction of sp³-hybridized carbons (Fsp3) is 0.333. The Morgan fingerprint density at radius 2 is 2.06 bits per heavy atom. The van der Waals surface area contributed by atoms with Gasteiger partial charge in [0.1, 0.15) is 5.82 Å². The van der Waals surface area contributed by atoms with Crippen LogP contribution < -0.4 is 0 Å².